The minimum absolute atomic E-state index is 0.0522. The van der Waals surface area contributed by atoms with Crippen molar-refractivity contribution in [1.29, 1.82) is 0 Å². The molecule has 1 rings (SSSR count). The lowest BCUT2D eigenvalue weighted by atomic mass is 10.2. The summed E-state index contributed by atoms with van der Waals surface area (Å²) in [6.07, 6.45) is 3.95. The van der Waals surface area contributed by atoms with Gasteiger partial charge >= 0.3 is 0 Å². The van der Waals surface area contributed by atoms with Crippen molar-refractivity contribution in [3.05, 3.63) is 24.0 Å². The Hall–Kier alpha value is -1.67. The van der Waals surface area contributed by atoms with Crippen LogP contribution in [0, 0.1) is 0 Å². The predicted molar refractivity (Wildman–Crippen MR) is 64.1 cm³/mol. The number of amides is 1. The van der Waals surface area contributed by atoms with Crippen LogP contribution in [0.2, 0.25) is 0 Å². The number of nitrogen functional groups attached to an aromatic ring is 1. The topological polar surface area (TPSA) is 114 Å². The number of rotatable bonds is 5. The molecule has 1 aromatic rings. The smallest absolute Gasteiger partial charge is 0.255 e. The Morgan fingerprint density at radius 3 is 2.82 bits per heavy atom. The van der Waals surface area contributed by atoms with Gasteiger partial charge in [0.1, 0.15) is 9.84 Å². The molecule has 0 bridgehead atoms. The van der Waals surface area contributed by atoms with Crippen LogP contribution in [0.25, 0.3) is 0 Å². The van der Waals surface area contributed by atoms with Crippen LogP contribution in [0.3, 0.4) is 0 Å². The van der Waals surface area contributed by atoms with Crippen LogP contribution in [0.4, 0.5) is 5.69 Å². The average Bonchev–Trinajstić information content (AvgIpc) is 2.27. The molecule has 1 heterocycles. The SMILES string of the molecule is CS(=O)(=O)CCNC(=O)c1cnccc1NN. The number of carbonyl (C=O) groups excluding carboxylic acids is 1. The fraction of sp³-hybridized carbons (Fsp3) is 0.333. The van der Waals surface area contributed by atoms with Crippen LogP contribution in [0.15, 0.2) is 18.5 Å². The van der Waals surface area contributed by atoms with Crippen LogP contribution in [0.5, 0.6) is 0 Å². The second-order valence-electron chi connectivity index (χ2n) is 3.45. The van der Waals surface area contributed by atoms with E-state index in [0.717, 1.165) is 6.26 Å². The van der Waals surface area contributed by atoms with Crippen LogP contribution in [-0.2, 0) is 9.84 Å². The predicted octanol–water partition coefficient (Wildman–Crippen LogP) is -0.858. The fourth-order valence-corrected chi connectivity index (χ4v) is 1.62. The Bertz CT molecular complexity index is 501. The van der Waals surface area contributed by atoms with Gasteiger partial charge in [-0.1, -0.05) is 0 Å². The molecule has 0 aliphatic carbocycles. The normalized spacial score (nSPS) is 10.9. The largest absolute Gasteiger partial charge is 0.351 e. The molecule has 17 heavy (non-hydrogen) atoms. The molecule has 7 nitrogen and oxygen atoms in total. The van der Waals surface area contributed by atoms with E-state index in [0.29, 0.717) is 5.69 Å². The summed E-state index contributed by atoms with van der Waals surface area (Å²) in [6.45, 7) is 0.0522. The number of hydrazine groups is 1. The first-order valence-corrected chi connectivity index (χ1v) is 6.86. The van der Waals surface area contributed by atoms with Crippen molar-refractivity contribution in [3.63, 3.8) is 0 Å². The highest BCUT2D eigenvalue weighted by molar-refractivity contribution is 7.90. The van der Waals surface area contributed by atoms with Crippen molar-refractivity contribution in [2.24, 2.45) is 5.84 Å². The molecular weight excluding hydrogens is 244 g/mol. The second kappa shape index (κ2) is 5.60. The summed E-state index contributed by atoms with van der Waals surface area (Å²) in [5.74, 6) is 4.70. The van der Waals surface area contributed by atoms with E-state index >= 15 is 0 Å². The van der Waals surface area contributed by atoms with Gasteiger partial charge in [-0.2, -0.15) is 0 Å². The average molecular weight is 258 g/mol. The van der Waals surface area contributed by atoms with Gasteiger partial charge < -0.3 is 10.7 Å². The first kappa shape index (κ1) is 13.4. The zero-order valence-electron chi connectivity index (χ0n) is 9.30. The Balaban J connectivity index is 2.64. The van der Waals surface area contributed by atoms with E-state index in [4.69, 9.17) is 5.84 Å². The number of nitrogens with two attached hydrogens (primary N) is 1. The van der Waals surface area contributed by atoms with Crippen molar-refractivity contribution >= 4 is 21.4 Å². The van der Waals surface area contributed by atoms with Gasteiger partial charge in [0, 0.05) is 25.2 Å². The molecule has 1 aromatic heterocycles. The molecule has 0 atom stereocenters. The van der Waals surface area contributed by atoms with Gasteiger partial charge in [0.05, 0.1) is 17.0 Å². The minimum Gasteiger partial charge on any atom is -0.351 e. The van der Waals surface area contributed by atoms with Crippen molar-refractivity contribution in [2.45, 2.75) is 0 Å². The summed E-state index contributed by atoms with van der Waals surface area (Å²) in [4.78, 5) is 15.5. The van der Waals surface area contributed by atoms with Gasteiger partial charge in [0.15, 0.2) is 0 Å². The third-order valence-corrected chi connectivity index (χ3v) is 2.93. The number of aromatic nitrogens is 1. The molecule has 4 N–H and O–H groups in total. The number of anilines is 1. The molecule has 0 saturated heterocycles. The van der Waals surface area contributed by atoms with Crippen molar-refractivity contribution in [1.82, 2.24) is 10.3 Å². The number of pyridine rings is 1. The number of nitrogens with one attached hydrogen (secondary N) is 2. The maximum Gasteiger partial charge on any atom is 0.255 e. The fourth-order valence-electron chi connectivity index (χ4n) is 1.15. The highest BCUT2D eigenvalue weighted by Gasteiger charge is 2.11. The standard InChI is InChI=1S/C9H14N4O3S/c1-17(15,16)5-4-12-9(14)7-6-11-3-2-8(7)13-10/h2-3,6H,4-5,10H2,1H3,(H,11,13)(H,12,14). The zero-order chi connectivity index (χ0) is 12.9. The highest BCUT2D eigenvalue weighted by atomic mass is 32.2. The molecule has 0 aliphatic rings. The molecule has 0 unspecified atom stereocenters. The summed E-state index contributed by atoms with van der Waals surface area (Å²) >= 11 is 0. The van der Waals surface area contributed by atoms with E-state index in [1.807, 2.05) is 0 Å². The lowest BCUT2D eigenvalue weighted by Gasteiger charge is -2.08. The maximum absolute atomic E-state index is 11.7. The van der Waals surface area contributed by atoms with Crippen molar-refractivity contribution in [3.8, 4) is 0 Å². The molecule has 0 fully saturated rings. The van der Waals surface area contributed by atoms with Crippen LogP contribution < -0.4 is 16.6 Å². The van der Waals surface area contributed by atoms with Crippen LogP contribution in [0.1, 0.15) is 10.4 Å². The lowest BCUT2D eigenvalue weighted by Crippen LogP contribution is -2.29. The zero-order valence-corrected chi connectivity index (χ0v) is 10.1. The number of carbonyl (C=O) groups is 1. The van der Waals surface area contributed by atoms with Crippen LogP contribution in [-0.4, -0.2) is 37.9 Å². The third kappa shape index (κ3) is 4.37. The van der Waals surface area contributed by atoms with E-state index in [-0.39, 0.29) is 17.9 Å². The molecule has 0 aromatic carbocycles. The van der Waals surface area contributed by atoms with Gasteiger partial charge in [0.2, 0.25) is 0 Å². The minimum atomic E-state index is -3.09. The highest BCUT2D eigenvalue weighted by Crippen LogP contribution is 2.11. The van der Waals surface area contributed by atoms with Gasteiger partial charge in [0.25, 0.3) is 5.91 Å². The molecule has 0 spiro atoms. The van der Waals surface area contributed by atoms with E-state index in [2.05, 4.69) is 15.7 Å². The molecule has 1 amide bonds. The quantitative estimate of drug-likeness (QED) is 0.468. The Kier molecular flexibility index (Phi) is 4.41. The van der Waals surface area contributed by atoms with Crippen molar-refractivity contribution in [2.75, 3.05) is 24.0 Å². The number of nitrogens with zero attached hydrogens (tertiary/aromatic N) is 1. The number of hydrogen-bond donors (Lipinski definition) is 3. The molecule has 8 heteroatoms. The van der Waals surface area contributed by atoms with Gasteiger partial charge in [-0.25, -0.2) is 8.42 Å². The first-order chi connectivity index (χ1) is 7.94. The summed E-state index contributed by atoms with van der Waals surface area (Å²) < 4.78 is 21.8. The van der Waals surface area contributed by atoms with E-state index in [1.165, 1.54) is 12.4 Å². The lowest BCUT2D eigenvalue weighted by molar-refractivity contribution is 0.0956. The Morgan fingerprint density at radius 1 is 1.53 bits per heavy atom. The first-order valence-electron chi connectivity index (χ1n) is 4.80. The summed E-state index contributed by atoms with van der Waals surface area (Å²) in [5.41, 5.74) is 3.06. The second-order valence-corrected chi connectivity index (χ2v) is 5.71. The molecule has 0 aliphatic heterocycles. The molecule has 0 saturated carbocycles. The summed E-state index contributed by atoms with van der Waals surface area (Å²) in [5, 5.41) is 2.48. The summed E-state index contributed by atoms with van der Waals surface area (Å²) in [7, 11) is -3.09. The number of sulfone groups is 1. The Morgan fingerprint density at radius 2 is 2.24 bits per heavy atom. The Labute approximate surface area is 99.3 Å². The van der Waals surface area contributed by atoms with E-state index in [1.54, 1.807) is 6.07 Å². The monoisotopic (exact) mass is 258 g/mol. The molecule has 0 radical (unpaired) electrons. The third-order valence-electron chi connectivity index (χ3n) is 1.98. The van der Waals surface area contributed by atoms with E-state index < -0.39 is 15.7 Å². The van der Waals surface area contributed by atoms with Gasteiger partial charge in [-0.3, -0.25) is 15.6 Å². The number of hydrogen-bond acceptors (Lipinski definition) is 6. The summed E-state index contributed by atoms with van der Waals surface area (Å²) in [6, 6.07) is 1.55. The van der Waals surface area contributed by atoms with Crippen LogP contribution >= 0.6 is 0 Å². The van der Waals surface area contributed by atoms with E-state index in [9.17, 15) is 13.2 Å². The van der Waals surface area contributed by atoms with Crippen molar-refractivity contribution < 1.29 is 13.2 Å². The van der Waals surface area contributed by atoms with Gasteiger partial charge in [-0.05, 0) is 6.07 Å². The molecule has 94 valence electrons. The maximum atomic E-state index is 11.7. The molecular formula is C9H14N4O3S. The van der Waals surface area contributed by atoms with Gasteiger partial charge in [-0.15, -0.1) is 0 Å².